The first kappa shape index (κ1) is 16.8. The molecule has 0 aromatic heterocycles. The van der Waals surface area contributed by atoms with Crippen LogP contribution in [0.2, 0.25) is 0 Å². The van der Waals surface area contributed by atoms with Crippen LogP contribution in [0, 0.1) is 22.7 Å². The number of likely N-dealkylation sites (tertiary alicyclic amines) is 2. The minimum Gasteiger partial charge on any atom is -0.342 e. The Balaban J connectivity index is 1.78. The van der Waals surface area contributed by atoms with Gasteiger partial charge in [-0.05, 0) is 35.6 Å². The normalized spacial score (nSPS) is 27.2. The van der Waals surface area contributed by atoms with E-state index in [0.29, 0.717) is 29.6 Å². The number of carbonyl (C=O) groups is 1. The van der Waals surface area contributed by atoms with Crippen molar-refractivity contribution < 1.29 is 4.79 Å². The van der Waals surface area contributed by atoms with Crippen LogP contribution in [-0.4, -0.2) is 48.4 Å². The number of fused-ring (bicyclic) bond motifs is 1. The third kappa shape index (κ3) is 4.98. The maximum atomic E-state index is 12.3. The maximum Gasteiger partial charge on any atom is 0.223 e. The van der Waals surface area contributed by atoms with Gasteiger partial charge in [0.25, 0.3) is 0 Å². The number of hydrogen-bond donors (Lipinski definition) is 0. The molecule has 0 radical (unpaired) electrons. The van der Waals surface area contributed by atoms with Gasteiger partial charge in [0, 0.05) is 32.6 Å². The van der Waals surface area contributed by atoms with Gasteiger partial charge < -0.3 is 9.80 Å². The Bertz CT molecular complexity index is 364. The van der Waals surface area contributed by atoms with Crippen LogP contribution in [0.25, 0.3) is 0 Å². The molecule has 2 aliphatic rings. The van der Waals surface area contributed by atoms with Crippen LogP contribution in [0.1, 0.15) is 54.4 Å². The zero-order valence-electron chi connectivity index (χ0n) is 14.9. The Kier molecular flexibility index (Phi) is 4.72. The number of carbonyl (C=O) groups excluding carboxylic acids is 1. The zero-order valence-corrected chi connectivity index (χ0v) is 14.9. The van der Waals surface area contributed by atoms with Crippen molar-refractivity contribution >= 4 is 5.91 Å². The second-order valence-electron chi connectivity index (χ2n) is 9.63. The average molecular weight is 294 g/mol. The van der Waals surface area contributed by atoms with Crippen molar-refractivity contribution in [2.75, 3.05) is 32.7 Å². The van der Waals surface area contributed by atoms with Crippen molar-refractivity contribution in [1.82, 2.24) is 9.80 Å². The van der Waals surface area contributed by atoms with E-state index in [1.807, 2.05) is 0 Å². The predicted octanol–water partition coefficient (Wildman–Crippen LogP) is 3.25. The van der Waals surface area contributed by atoms with Gasteiger partial charge in [0.1, 0.15) is 0 Å². The lowest BCUT2D eigenvalue weighted by atomic mass is 9.91. The quantitative estimate of drug-likeness (QED) is 0.798. The summed E-state index contributed by atoms with van der Waals surface area (Å²) >= 11 is 0. The first-order chi connectivity index (χ1) is 9.53. The molecule has 3 heteroatoms. The molecule has 122 valence electrons. The summed E-state index contributed by atoms with van der Waals surface area (Å²) in [5.41, 5.74) is 0.528. The van der Waals surface area contributed by atoms with Crippen LogP contribution in [0.5, 0.6) is 0 Å². The maximum absolute atomic E-state index is 12.3. The molecule has 0 spiro atoms. The van der Waals surface area contributed by atoms with Crippen molar-refractivity contribution in [2.24, 2.45) is 22.7 Å². The Morgan fingerprint density at radius 3 is 1.86 bits per heavy atom. The van der Waals surface area contributed by atoms with Gasteiger partial charge in [-0.3, -0.25) is 4.79 Å². The van der Waals surface area contributed by atoms with E-state index in [2.05, 4.69) is 51.3 Å². The second kappa shape index (κ2) is 5.91. The molecule has 21 heavy (non-hydrogen) atoms. The molecule has 2 atom stereocenters. The van der Waals surface area contributed by atoms with Crippen LogP contribution < -0.4 is 0 Å². The molecule has 0 aromatic rings. The second-order valence-corrected chi connectivity index (χ2v) is 9.63. The van der Waals surface area contributed by atoms with Gasteiger partial charge in [-0.2, -0.15) is 0 Å². The van der Waals surface area contributed by atoms with Gasteiger partial charge in [-0.25, -0.2) is 0 Å². The lowest BCUT2D eigenvalue weighted by Gasteiger charge is -2.26. The van der Waals surface area contributed by atoms with Gasteiger partial charge in [0.05, 0.1) is 0 Å². The Hall–Kier alpha value is -0.570. The van der Waals surface area contributed by atoms with Crippen LogP contribution in [0.4, 0.5) is 0 Å². The minimum absolute atomic E-state index is 0.105. The molecule has 2 heterocycles. The van der Waals surface area contributed by atoms with E-state index in [4.69, 9.17) is 0 Å². The van der Waals surface area contributed by atoms with E-state index in [9.17, 15) is 4.79 Å². The molecule has 2 fully saturated rings. The summed E-state index contributed by atoms with van der Waals surface area (Å²) in [6, 6.07) is 0. The smallest absolute Gasteiger partial charge is 0.223 e. The van der Waals surface area contributed by atoms with E-state index in [0.717, 1.165) is 13.1 Å². The third-order valence-corrected chi connectivity index (χ3v) is 4.77. The van der Waals surface area contributed by atoms with Crippen LogP contribution in [-0.2, 0) is 4.79 Å². The Morgan fingerprint density at radius 2 is 1.43 bits per heavy atom. The molecular weight excluding hydrogens is 260 g/mol. The topological polar surface area (TPSA) is 23.6 Å². The van der Waals surface area contributed by atoms with E-state index in [-0.39, 0.29) is 5.41 Å². The largest absolute Gasteiger partial charge is 0.342 e. The number of nitrogens with zero attached hydrogens (tertiary/aromatic N) is 2. The zero-order chi connectivity index (χ0) is 15.8. The van der Waals surface area contributed by atoms with Crippen LogP contribution in [0.3, 0.4) is 0 Å². The van der Waals surface area contributed by atoms with Gasteiger partial charge >= 0.3 is 0 Å². The number of amides is 1. The summed E-state index contributed by atoms with van der Waals surface area (Å²) in [5.74, 6) is 1.79. The van der Waals surface area contributed by atoms with E-state index in [1.54, 1.807) is 0 Å². The van der Waals surface area contributed by atoms with Gasteiger partial charge in [-0.1, -0.05) is 41.5 Å². The fourth-order valence-electron chi connectivity index (χ4n) is 3.54. The molecular formula is C18H34N2O. The summed E-state index contributed by atoms with van der Waals surface area (Å²) in [6.07, 6.45) is 1.94. The van der Waals surface area contributed by atoms with Crippen molar-refractivity contribution in [2.45, 2.75) is 54.4 Å². The summed E-state index contributed by atoms with van der Waals surface area (Å²) in [5, 5.41) is 0. The summed E-state index contributed by atoms with van der Waals surface area (Å²) < 4.78 is 0. The molecule has 0 aliphatic carbocycles. The highest BCUT2D eigenvalue weighted by Crippen LogP contribution is 2.33. The first-order valence-corrected chi connectivity index (χ1v) is 8.54. The monoisotopic (exact) mass is 294 g/mol. The number of rotatable bonds is 3. The predicted molar refractivity (Wildman–Crippen MR) is 88.1 cm³/mol. The van der Waals surface area contributed by atoms with Gasteiger partial charge in [-0.15, -0.1) is 0 Å². The lowest BCUT2D eigenvalue weighted by molar-refractivity contribution is -0.132. The van der Waals surface area contributed by atoms with Crippen molar-refractivity contribution in [1.29, 1.82) is 0 Å². The van der Waals surface area contributed by atoms with Crippen molar-refractivity contribution in [3.63, 3.8) is 0 Å². The van der Waals surface area contributed by atoms with Crippen LogP contribution in [0.15, 0.2) is 0 Å². The molecule has 2 aliphatic heterocycles. The summed E-state index contributed by atoms with van der Waals surface area (Å²) in [6.45, 7) is 19.0. The third-order valence-electron chi connectivity index (χ3n) is 4.77. The molecule has 0 saturated carbocycles. The highest BCUT2D eigenvalue weighted by molar-refractivity contribution is 5.77. The highest BCUT2D eigenvalue weighted by Gasteiger charge is 2.41. The lowest BCUT2D eigenvalue weighted by Crippen LogP contribution is -2.35. The van der Waals surface area contributed by atoms with E-state index >= 15 is 0 Å². The SMILES string of the molecule is CC(C)(C)CCN1C[C@@H]2CN(C(=O)CC(C)(C)C)C[C@@H]2C1. The van der Waals surface area contributed by atoms with Crippen molar-refractivity contribution in [3.05, 3.63) is 0 Å². The Labute approximate surface area is 131 Å². The molecule has 0 N–H and O–H groups in total. The fourth-order valence-corrected chi connectivity index (χ4v) is 3.54. The van der Waals surface area contributed by atoms with Crippen LogP contribution >= 0.6 is 0 Å². The molecule has 2 saturated heterocycles. The summed E-state index contributed by atoms with van der Waals surface area (Å²) in [4.78, 5) is 17.1. The molecule has 1 amide bonds. The fraction of sp³-hybridized carbons (Fsp3) is 0.944. The molecule has 0 bridgehead atoms. The number of hydrogen-bond acceptors (Lipinski definition) is 2. The van der Waals surface area contributed by atoms with Gasteiger partial charge in [0.15, 0.2) is 0 Å². The molecule has 3 nitrogen and oxygen atoms in total. The Morgan fingerprint density at radius 1 is 0.905 bits per heavy atom. The van der Waals surface area contributed by atoms with E-state index in [1.165, 1.54) is 26.1 Å². The standard InChI is InChI=1S/C18H34N2O/c1-17(2,3)7-8-19-10-14-12-20(13-15(14)11-19)16(21)9-18(4,5)6/h14-15H,7-13H2,1-6H3/t14-,15+. The van der Waals surface area contributed by atoms with Gasteiger partial charge in [0.2, 0.25) is 5.91 Å². The first-order valence-electron chi connectivity index (χ1n) is 8.54. The average Bonchev–Trinajstić information content (AvgIpc) is 2.79. The molecule has 0 unspecified atom stereocenters. The summed E-state index contributed by atoms with van der Waals surface area (Å²) in [7, 11) is 0. The minimum atomic E-state index is 0.105. The molecule has 2 rings (SSSR count). The molecule has 0 aromatic carbocycles. The van der Waals surface area contributed by atoms with Crippen molar-refractivity contribution in [3.8, 4) is 0 Å². The highest BCUT2D eigenvalue weighted by atomic mass is 16.2. The van der Waals surface area contributed by atoms with E-state index < -0.39 is 0 Å².